The lowest BCUT2D eigenvalue weighted by Gasteiger charge is -2.10. The molecule has 0 radical (unpaired) electrons. The molecule has 0 saturated heterocycles. The molecular formula is C11H15N3S. The Bertz CT molecular complexity index is 396. The maximum atomic E-state index is 9.08. The molecule has 0 aliphatic carbocycles. The third-order valence-corrected chi connectivity index (χ3v) is 3.67. The van der Waals surface area contributed by atoms with E-state index in [1.807, 2.05) is 13.8 Å². The highest BCUT2D eigenvalue weighted by Gasteiger charge is 2.13. The second-order valence-electron chi connectivity index (χ2n) is 3.54. The Labute approximate surface area is 94.9 Å². The van der Waals surface area contributed by atoms with Gasteiger partial charge in [-0.15, -0.1) is 16.9 Å². The zero-order chi connectivity index (χ0) is 11.4. The van der Waals surface area contributed by atoms with Crippen LogP contribution in [-0.4, -0.2) is 15.4 Å². The molecule has 1 aromatic heterocycles. The summed E-state index contributed by atoms with van der Waals surface area (Å²) in [5.74, 6) is 0. The summed E-state index contributed by atoms with van der Waals surface area (Å²) in [6.45, 7) is 8.05. The fourth-order valence-corrected chi connectivity index (χ4v) is 2.03. The topological polar surface area (TPSA) is 49.6 Å². The number of hydrogen-bond acceptors (Lipinski definition) is 4. The van der Waals surface area contributed by atoms with E-state index in [0.717, 1.165) is 22.7 Å². The highest BCUT2D eigenvalue weighted by molar-refractivity contribution is 7.99. The molecule has 0 bridgehead atoms. The Morgan fingerprint density at radius 2 is 2.07 bits per heavy atom. The van der Waals surface area contributed by atoms with Gasteiger partial charge in [0.1, 0.15) is 11.1 Å². The van der Waals surface area contributed by atoms with E-state index in [1.165, 1.54) is 0 Å². The van der Waals surface area contributed by atoms with E-state index in [1.54, 1.807) is 11.8 Å². The molecule has 0 aliphatic rings. The minimum absolute atomic E-state index is 0.466. The quantitative estimate of drug-likeness (QED) is 0.736. The number of thioether (sulfide) groups is 1. The zero-order valence-electron chi connectivity index (χ0n) is 9.53. The summed E-state index contributed by atoms with van der Waals surface area (Å²) in [4.78, 5) is 0. The van der Waals surface area contributed by atoms with Crippen molar-refractivity contribution in [1.29, 1.82) is 5.26 Å². The molecule has 80 valence electrons. The van der Waals surface area contributed by atoms with E-state index in [9.17, 15) is 0 Å². The average Bonchev–Trinajstić information content (AvgIpc) is 2.24. The third kappa shape index (κ3) is 2.69. The van der Waals surface area contributed by atoms with Crippen molar-refractivity contribution in [3.05, 3.63) is 16.8 Å². The molecule has 1 rings (SSSR count). The molecule has 0 spiro atoms. The van der Waals surface area contributed by atoms with Crippen LogP contribution in [0.3, 0.4) is 0 Å². The summed E-state index contributed by atoms with van der Waals surface area (Å²) in [7, 11) is 0. The molecule has 0 aliphatic heterocycles. The van der Waals surface area contributed by atoms with Crippen molar-refractivity contribution in [2.45, 2.75) is 44.4 Å². The summed E-state index contributed by atoms with van der Waals surface area (Å²) in [6.07, 6.45) is 1.06. The summed E-state index contributed by atoms with van der Waals surface area (Å²) < 4.78 is 0. The maximum Gasteiger partial charge on any atom is 0.137 e. The van der Waals surface area contributed by atoms with Crippen LogP contribution in [0.1, 0.15) is 37.1 Å². The van der Waals surface area contributed by atoms with Crippen molar-refractivity contribution in [2.24, 2.45) is 0 Å². The van der Waals surface area contributed by atoms with E-state index in [-0.39, 0.29) is 0 Å². The number of hydrogen-bond donors (Lipinski definition) is 0. The van der Waals surface area contributed by atoms with Gasteiger partial charge in [-0.05, 0) is 25.8 Å². The lowest BCUT2D eigenvalue weighted by molar-refractivity contribution is 0.853. The fraction of sp³-hybridized carbons (Fsp3) is 0.545. The second kappa shape index (κ2) is 5.13. The molecule has 0 amide bonds. The zero-order valence-corrected chi connectivity index (χ0v) is 10.4. The Morgan fingerprint density at radius 3 is 2.60 bits per heavy atom. The first kappa shape index (κ1) is 12.0. The molecule has 1 heterocycles. The van der Waals surface area contributed by atoms with Gasteiger partial charge < -0.3 is 0 Å². The van der Waals surface area contributed by atoms with Crippen molar-refractivity contribution < 1.29 is 0 Å². The van der Waals surface area contributed by atoms with Crippen LogP contribution in [0.5, 0.6) is 0 Å². The van der Waals surface area contributed by atoms with Crippen molar-refractivity contribution in [3.63, 3.8) is 0 Å². The van der Waals surface area contributed by atoms with Crippen LogP contribution in [0, 0.1) is 25.2 Å². The monoisotopic (exact) mass is 221 g/mol. The van der Waals surface area contributed by atoms with E-state index in [0.29, 0.717) is 10.8 Å². The number of nitriles is 1. The van der Waals surface area contributed by atoms with Gasteiger partial charge in [0.15, 0.2) is 0 Å². The Hall–Kier alpha value is -1.08. The molecule has 0 fully saturated rings. The highest BCUT2D eigenvalue weighted by atomic mass is 32.2. The van der Waals surface area contributed by atoms with Crippen LogP contribution in [0.4, 0.5) is 0 Å². The number of nitrogens with zero attached hydrogens (tertiary/aromatic N) is 3. The first-order chi connectivity index (χ1) is 7.10. The van der Waals surface area contributed by atoms with Gasteiger partial charge in [-0.2, -0.15) is 10.4 Å². The van der Waals surface area contributed by atoms with Gasteiger partial charge >= 0.3 is 0 Å². The van der Waals surface area contributed by atoms with Crippen LogP contribution in [0.2, 0.25) is 0 Å². The van der Waals surface area contributed by atoms with Gasteiger partial charge in [0.2, 0.25) is 0 Å². The van der Waals surface area contributed by atoms with Crippen molar-refractivity contribution in [2.75, 3.05) is 0 Å². The van der Waals surface area contributed by atoms with Gasteiger partial charge in [-0.3, -0.25) is 0 Å². The van der Waals surface area contributed by atoms with Gasteiger partial charge in [0, 0.05) is 5.25 Å². The number of rotatable bonds is 3. The summed E-state index contributed by atoms with van der Waals surface area (Å²) in [5, 5.41) is 18.4. The van der Waals surface area contributed by atoms with Gasteiger partial charge in [-0.25, -0.2) is 0 Å². The van der Waals surface area contributed by atoms with Gasteiger partial charge in [0.05, 0.1) is 11.3 Å². The molecule has 0 N–H and O–H groups in total. The smallest absolute Gasteiger partial charge is 0.137 e. The molecule has 4 heteroatoms. The minimum atomic E-state index is 0.466. The Balaban J connectivity index is 3.09. The van der Waals surface area contributed by atoms with E-state index in [4.69, 9.17) is 5.26 Å². The Kier molecular flexibility index (Phi) is 4.10. The van der Waals surface area contributed by atoms with Crippen molar-refractivity contribution in [1.82, 2.24) is 10.2 Å². The number of aryl methyl sites for hydroxylation is 1. The first-order valence-corrected chi connectivity index (χ1v) is 5.88. The molecular weight excluding hydrogens is 206 g/mol. The molecule has 3 nitrogen and oxygen atoms in total. The molecule has 1 atom stereocenters. The maximum absolute atomic E-state index is 9.08. The lowest BCUT2D eigenvalue weighted by Crippen LogP contribution is -2.02. The molecule has 1 unspecified atom stereocenters. The fourth-order valence-electron chi connectivity index (χ4n) is 1.07. The highest BCUT2D eigenvalue weighted by Crippen LogP contribution is 2.27. The van der Waals surface area contributed by atoms with Crippen LogP contribution >= 0.6 is 11.8 Å². The van der Waals surface area contributed by atoms with Crippen LogP contribution in [-0.2, 0) is 0 Å². The molecule has 0 aromatic carbocycles. The predicted octanol–water partition coefficient (Wildman–Crippen LogP) is 2.86. The largest absolute Gasteiger partial charge is 0.192 e. The van der Waals surface area contributed by atoms with E-state index >= 15 is 0 Å². The first-order valence-electron chi connectivity index (χ1n) is 5.00. The normalized spacial score (nSPS) is 12.2. The number of aromatic nitrogens is 2. The molecule has 1 aromatic rings. The lowest BCUT2D eigenvalue weighted by atomic mass is 10.1. The van der Waals surface area contributed by atoms with E-state index in [2.05, 4.69) is 30.1 Å². The van der Waals surface area contributed by atoms with Crippen LogP contribution < -0.4 is 0 Å². The summed E-state index contributed by atoms with van der Waals surface area (Å²) >= 11 is 1.62. The molecule has 0 saturated carbocycles. The minimum Gasteiger partial charge on any atom is -0.192 e. The summed E-state index contributed by atoms with van der Waals surface area (Å²) in [6, 6.07) is 2.21. The standard InChI is InChI=1S/C11H15N3S/c1-5-7(2)15-11-10(6-12)8(3)9(4)13-14-11/h7H,5H2,1-4H3. The van der Waals surface area contributed by atoms with Gasteiger partial charge in [0.25, 0.3) is 0 Å². The SMILES string of the molecule is CCC(C)Sc1nnc(C)c(C)c1C#N. The molecule has 15 heavy (non-hydrogen) atoms. The van der Waals surface area contributed by atoms with Crippen LogP contribution in [0.25, 0.3) is 0 Å². The third-order valence-electron chi connectivity index (χ3n) is 2.42. The Morgan fingerprint density at radius 1 is 1.40 bits per heavy atom. The van der Waals surface area contributed by atoms with Crippen molar-refractivity contribution >= 4 is 11.8 Å². The van der Waals surface area contributed by atoms with Gasteiger partial charge in [-0.1, -0.05) is 13.8 Å². The van der Waals surface area contributed by atoms with E-state index < -0.39 is 0 Å². The van der Waals surface area contributed by atoms with Crippen LogP contribution in [0.15, 0.2) is 5.03 Å². The second-order valence-corrected chi connectivity index (χ2v) is 4.97. The average molecular weight is 221 g/mol. The predicted molar refractivity (Wildman–Crippen MR) is 61.8 cm³/mol. The van der Waals surface area contributed by atoms with Crippen molar-refractivity contribution in [3.8, 4) is 6.07 Å². The summed E-state index contributed by atoms with van der Waals surface area (Å²) in [5.41, 5.74) is 2.45.